The molecule has 0 fully saturated rings. The standard InChI is InChI=1S/C8H9ClN4/c1-4-11-7-5(9)3-6(10-2)13-8(7)12-4/h3H,1-2H3,(H2,10,11,12,13). The molecule has 0 saturated heterocycles. The lowest BCUT2D eigenvalue weighted by Crippen LogP contribution is -1.92. The molecule has 2 aromatic rings. The van der Waals surface area contributed by atoms with Crippen LogP contribution in [0.3, 0.4) is 0 Å². The van der Waals surface area contributed by atoms with Crippen LogP contribution in [-0.4, -0.2) is 22.0 Å². The van der Waals surface area contributed by atoms with Crippen LogP contribution >= 0.6 is 11.6 Å². The second-order valence-corrected chi connectivity index (χ2v) is 3.17. The van der Waals surface area contributed by atoms with Gasteiger partial charge in [-0.05, 0) is 6.92 Å². The van der Waals surface area contributed by atoms with Crippen LogP contribution in [0.15, 0.2) is 6.07 Å². The fraction of sp³-hybridized carbons (Fsp3) is 0.250. The molecule has 0 saturated carbocycles. The Morgan fingerprint density at radius 2 is 2.23 bits per heavy atom. The van der Waals surface area contributed by atoms with Crippen molar-refractivity contribution in [3.8, 4) is 0 Å². The summed E-state index contributed by atoms with van der Waals surface area (Å²) < 4.78 is 0. The number of pyridine rings is 1. The van der Waals surface area contributed by atoms with Crippen molar-refractivity contribution in [3.05, 3.63) is 16.9 Å². The van der Waals surface area contributed by atoms with Gasteiger partial charge in [0.15, 0.2) is 5.65 Å². The molecule has 0 unspecified atom stereocenters. The third-order valence-electron chi connectivity index (χ3n) is 1.78. The van der Waals surface area contributed by atoms with Gasteiger partial charge in [-0.2, -0.15) is 0 Å². The SMILES string of the molecule is CNc1cc(Cl)c2nc(C)[nH]c2n1. The lowest BCUT2D eigenvalue weighted by atomic mass is 10.4. The highest BCUT2D eigenvalue weighted by molar-refractivity contribution is 6.35. The van der Waals surface area contributed by atoms with E-state index in [2.05, 4.69) is 20.3 Å². The number of aryl methyl sites for hydroxylation is 1. The molecule has 2 N–H and O–H groups in total. The maximum Gasteiger partial charge on any atom is 0.161 e. The number of nitrogens with one attached hydrogen (secondary N) is 2. The van der Waals surface area contributed by atoms with Crippen LogP contribution in [-0.2, 0) is 0 Å². The molecule has 68 valence electrons. The van der Waals surface area contributed by atoms with E-state index in [1.165, 1.54) is 0 Å². The molecule has 0 aliphatic heterocycles. The van der Waals surface area contributed by atoms with Crippen molar-refractivity contribution in [2.45, 2.75) is 6.92 Å². The summed E-state index contributed by atoms with van der Waals surface area (Å²) in [6.45, 7) is 1.87. The number of halogens is 1. The molecule has 0 aliphatic carbocycles. The van der Waals surface area contributed by atoms with Gasteiger partial charge < -0.3 is 10.3 Å². The predicted molar refractivity (Wildman–Crippen MR) is 53.2 cm³/mol. The summed E-state index contributed by atoms with van der Waals surface area (Å²) in [5.41, 5.74) is 1.44. The minimum atomic E-state index is 0.610. The van der Waals surface area contributed by atoms with Gasteiger partial charge in [0.1, 0.15) is 17.2 Å². The molecule has 2 rings (SSSR count). The largest absolute Gasteiger partial charge is 0.373 e. The second-order valence-electron chi connectivity index (χ2n) is 2.76. The Labute approximate surface area is 80.3 Å². The van der Waals surface area contributed by atoms with Gasteiger partial charge in [0.25, 0.3) is 0 Å². The maximum atomic E-state index is 5.99. The number of fused-ring (bicyclic) bond motifs is 1. The van der Waals surface area contributed by atoms with E-state index < -0.39 is 0 Å². The molecule has 4 nitrogen and oxygen atoms in total. The normalized spacial score (nSPS) is 10.7. The van der Waals surface area contributed by atoms with Crippen LogP contribution in [0.4, 0.5) is 5.82 Å². The summed E-state index contributed by atoms with van der Waals surface area (Å²) in [7, 11) is 1.80. The van der Waals surface area contributed by atoms with E-state index in [0.29, 0.717) is 10.7 Å². The molecular weight excluding hydrogens is 188 g/mol. The van der Waals surface area contributed by atoms with Gasteiger partial charge in [-0.15, -0.1) is 0 Å². The van der Waals surface area contributed by atoms with Crippen molar-refractivity contribution in [1.29, 1.82) is 0 Å². The number of H-pyrrole nitrogens is 1. The van der Waals surface area contributed by atoms with E-state index in [1.54, 1.807) is 13.1 Å². The zero-order valence-electron chi connectivity index (χ0n) is 7.35. The van der Waals surface area contributed by atoms with Crippen molar-refractivity contribution in [1.82, 2.24) is 15.0 Å². The molecular formula is C8H9ClN4. The Kier molecular flexibility index (Phi) is 1.84. The molecule has 0 atom stereocenters. The van der Waals surface area contributed by atoms with Gasteiger partial charge in [0.2, 0.25) is 0 Å². The first-order chi connectivity index (χ1) is 6.20. The van der Waals surface area contributed by atoms with Gasteiger partial charge >= 0.3 is 0 Å². The van der Waals surface area contributed by atoms with E-state index >= 15 is 0 Å². The lowest BCUT2D eigenvalue weighted by Gasteiger charge is -1.98. The number of imidazole rings is 1. The topological polar surface area (TPSA) is 53.6 Å². The Morgan fingerprint density at radius 1 is 1.46 bits per heavy atom. The number of anilines is 1. The summed E-state index contributed by atoms with van der Waals surface area (Å²) in [6.07, 6.45) is 0. The Balaban J connectivity index is 2.75. The van der Waals surface area contributed by atoms with Crippen LogP contribution in [0.25, 0.3) is 11.2 Å². The van der Waals surface area contributed by atoms with Crippen LogP contribution in [0, 0.1) is 6.92 Å². The van der Waals surface area contributed by atoms with Crippen LogP contribution in [0.5, 0.6) is 0 Å². The molecule has 0 bridgehead atoms. The number of aromatic amines is 1. The number of nitrogens with zero attached hydrogens (tertiary/aromatic N) is 2. The van der Waals surface area contributed by atoms with Gasteiger partial charge in [-0.25, -0.2) is 9.97 Å². The van der Waals surface area contributed by atoms with Gasteiger partial charge in [0, 0.05) is 13.1 Å². The van der Waals surface area contributed by atoms with Crippen LogP contribution < -0.4 is 5.32 Å². The molecule has 2 heterocycles. The molecule has 0 aliphatic rings. The molecule has 0 aromatic carbocycles. The highest BCUT2D eigenvalue weighted by atomic mass is 35.5. The third kappa shape index (κ3) is 1.33. The van der Waals surface area contributed by atoms with Crippen molar-refractivity contribution in [2.24, 2.45) is 0 Å². The monoisotopic (exact) mass is 196 g/mol. The summed E-state index contributed by atoms with van der Waals surface area (Å²) >= 11 is 5.99. The van der Waals surface area contributed by atoms with Gasteiger partial charge in [-0.3, -0.25) is 0 Å². The summed E-state index contributed by atoms with van der Waals surface area (Å²) in [4.78, 5) is 11.5. The smallest absolute Gasteiger partial charge is 0.161 e. The average molecular weight is 197 g/mol. The summed E-state index contributed by atoms with van der Waals surface area (Å²) in [6, 6.07) is 1.75. The van der Waals surface area contributed by atoms with Crippen molar-refractivity contribution < 1.29 is 0 Å². The number of rotatable bonds is 1. The predicted octanol–water partition coefficient (Wildman–Crippen LogP) is 1.96. The number of hydrogen-bond acceptors (Lipinski definition) is 3. The zero-order chi connectivity index (χ0) is 9.42. The highest BCUT2D eigenvalue weighted by Gasteiger charge is 2.06. The summed E-state index contributed by atoms with van der Waals surface area (Å²) in [5, 5.41) is 3.54. The molecule has 0 spiro atoms. The van der Waals surface area contributed by atoms with Gasteiger partial charge in [-0.1, -0.05) is 11.6 Å². The maximum absolute atomic E-state index is 5.99. The quantitative estimate of drug-likeness (QED) is 0.733. The first-order valence-corrected chi connectivity index (χ1v) is 4.29. The number of hydrogen-bond donors (Lipinski definition) is 2. The van der Waals surface area contributed by atoms with Crippen LogP contribution in [0.2, 0.25) is 5.02 Å². The average Bonchev–Trinajstić information content (AvgIpc) is 2.46. The van der Waals surface area contributed by atoms with E-state index in [9.17, 15) is 0 Å². The first-order valence-electron chi connectivity index (χ1n) is 3.91. The number of aromatic nitrogens is 3. The van der Waals surface area contributed by atoms with E-state index in [1.807, 2.05) is 6.92 Å². The molecule has 13 heavy (non-hydrogen) atoms. The fourth-order valence-corrected chi connectivity index (χ4v) is 1.43. The Hall–Kier alpha value is -1.29. The molecule has 5 heteroatoms. The van der Waals surface area contributed by atoms with E-state index in [-0.39, 0.29) is 0 Å². The molecule has 2 aromatic heterocycles. The Bertz CT molecular complexity index is 449. The van der Waals surface area contributed by atoms with Crippen molar-refractivity contribution in [3.63, 3.8) is 0 Å². The van der Waals surface area contributed by atoms with E-state index in [0.717, 1.165) is 17.2 Å². The molecule has 0 radical (unpaired) electrons. The van der Waals surface area contributed by atoms with E-state index in [4.69, 9.17) is 11.6 Å². The highest BCUT2D eigenvalue weighted by Crippen LogP contribution is 2.22. The van der Waals surface area contributed by atoms with Crippen molar-refractivity contribution in [2.75, 3.05) is 12.4 Å². The van der Waals surface area contributed by atoms with Crippen LogP contribution in [0.1, 0.15) is 5.82 Å². The summed E-state index contributed by atoms with van der Waals surface area (Å²) in [5.74, 6) is 1.55. The zero-order valence-corrected chi connectivity index (χ0v) is 8.11. The van der Waals surface area contributed by atoms with Crippen molar-refractivity contribution >= 4 is 28.6 Å². The second kappa shape index (κ2) is 2.88. The molecule has 0 amide bonds. The minimum absolute atomic E-state index is 0.610. The Morgan fingerprint density at radius 3 is 2.92 bits per heavy atom. The third-order valence-corrected chi connectivity index (χ3v) is 2.07. The minimum Gasteiger partial charge on any atom is -0.373 e. The fourth-order valence-electron chi connectivity index (χ4n) is 1.20. The lowest BCUT2D eigenvalue weighted by molar-refractivity contribution is 1.16. The first kappa shape index (κ1) is 8.31. The van der Waals surface area contributed by atoms with Gasteiger partial charge in [0.05, 0.1) is 5.02 Å².